The van der Waals surface area contributed by atoms with Gasteiger partial charge in [-0.1, -0.05) is 29.4 Å². The molecule has 76 valence electrons. The molecule has 0 unspecified atom stereocenters. The Bertz CT molecular complexity index is 436. The van der Waals surface area contributed by atoms with Crippen molar-refractivity contribution in [1.82, 2.24) is 0 Å². The van der Waals surface area contributed by atoms with E-state index in [1.54, 1.807) is 6.07 Å². The van der Waals surface area contributed by atoms with E-state index in [1.165, 1.54) is 24.3 Å². The lowest BCUT2D eigenvalue weighted by Crippen LogP contribution is -1.90. The Kier molecular flexibility index (Phi) is 4.06. The highest BCUT2D eigenvalue weighted by atomic mass is 19.1. The fraction of sp³-hybridized carbons (Fsp3) is 0.100. The molecule has 1 aromatic carbocycles. The summed E-state index contributed by atoms with van der Waals surface area (Å²) >= 11 is 0. The lowest BCUT2D eigenvalue weighted by atomic mass is 10.1. The highest BCUT2D eigenvalue weighted by molar-refractivity contribution is 5.77. The number of carbonyl (C=O) groups is 1. The Morgan fingerprint density at radius 1 is 1.47 bits per heavy atom. The van der Waals surface area contributed by atoms with Gasteiger partial charge in [0.1, 0.15) is 5.82 Å². The third-order valence-corrected chi connectivity index (χ3v) is 1.73. The van der Waals surface area contributed by atoms with Gasteiger partial charge in [0.05, 0.1) is 5.56 Å². The Morgan fingerprint density at radius 3 is 2.87 bits per heavy atom. The molecule has 0 aliphatic heterocycles. The van der Waals surface area contributed by atoms with Crippen LogP contribution in [-0.4, -0.2) is 12.8 Å². The van der Waals surface area contributed by atoms with Gasteiger partial charge in [-0.3, -0.25) is 4.79 Å². The maximum absolute atomic E-state index is 13.4. The molecule has 0 saturated carbocycles. The number of halogens is 1. The fourth-order valence-electron chi connectivity index (χ4n) is 1.05. The summed E-state index contributed by atoms with van der Waals surface area (Å²) in [4.78, 5) is 13.0. The molecule has 0 N–H and O–H groups in total. The first kappa shape index (κ1) is 10.9. The second-order valence-electron chi connectivity index (χ2n) is 2.68. The second kappa shape index (κ2) is 5.57. The molecule has 1 aromatic rings. The molecule has 0 amide bonds. The highest BCUT2D eigenvalue weighted by Gasteiger charge is 2.03. The molecule has 4 nitrogen and oxygen atoms in total. The van der Waals surface area contributed by atoms with Crippen molar-refractivity contribution in [3.05, 3.63) is 51.7 Å². The summed E-state index contributed by atoms with van der Waals surface area (Å²) < 4.78 is 13.4. The summed E-state index contributed by atoms with van der Waals surface area (Å²) in [6, 6.07) is 4.52. The van der Waals surface area contributed by atoms with E-state index in [4.69, 9.17) is 5.53 Å². The lowest BCUT2D eigenvalue weighted by Gasteiger charge is -1.98. The molecule has 0 aromatic heterocycles. The van der Waals surface area contributed by atoms with E-state index in [0.717, 1.165) is 0 Å². The lowest BCUT2D eigenvalue weighted by molar-refractivity contribution is 0.112. The van der Waals surface area contributed by atoms with E-state index in [-0.39, 0.29) is 12.1 Å². The van der Waals surface area contributed by atoms with Gasteiger partial charge in [0.25, 0.3) is 0 Å². The predicted molar refractivity (Wildman–Crippen MR) is 54.8 cm³/mol. The Labute approximate surface area is 85.7 Å². The van der Waals surface area contributed by atoms with Crippen LogP contribution >= 0.6 is 0 Å². The van der Waals surface area contributed by atoms with Crippen molar-refractivity contribution >= 4 is 12.4 Å². The van der Waals surface area contributed by atoms with Crippen LogP contribution in [0.1, 0.15) is 15.9 Å². The van der Waals surface area contributed by atoms with Crippen molar-refractivity contribution in [3.63, 3.8) is 0 Å². The number of rotatable bonds is 4. The summed E-state index contributed by atoms with van der Waals surface area (Å²) in [5, 5.41) is 3.26. The number of hydrogen-bond donors (Lipinski definition) is 0. The normalized spacial score (nSPS) is 9.93. The highest BCUT2D eigenvalue weighted by Crippen LogP contribution is 2.12. The van der Waals surface area contributed by atoms with Crippen molar-refractivity contribution in [2.75, 3.05) is 6.54 Å². The largest absolute Gasteiger partial charge is 0.298 e. The monoisotopic (exact) mass is 205 g/mol. The van der Waals surface area contributed by atoms with E-state index in [2.05, 4.69) is 10.0 Å². The van der Waals surface area contributed by atoms with Gasteiger partial charge in [-0.2, -0.15) is 0 Å². The first-order chi connectivity index (χ1) is 7.29. The zero-order valence-corrected chi connectivity index (χ0v) is 7.80. The van der Waals surface area contributed by atoms with Crippen LogP contribution in [0.3, 0.4) is 0 Å². The van der Waals surface area contributed by atoms with Gasteiger partial charge in [-0.25, -0.2) is 4.39 Å². The topological polar surface area (TPSA) is 65.8 Å². The molecule has 0 aliphatic carbocycles. The molecule has 1 rings (SSSR count). The minimum absolute atomic E-state index is 0.0148. The average molecular weight is 205 g/mol. The van der Waals surface area contributed by atoms with Crippen LogP contribution in [0.25, 0.3) is 16.5 Å². The van der Waals surface area contributed by atoms with Gasteiger partial charge in [-0.15, -0.1) is 0 Å². The van der Waals surface area contributed by atoms with Crippen LogP contribution in [0.15, 0.2) is 29.4 Å². The van der Waals surface area contributed by atoms with Gasteiger partial charge in [0, 0.05) is 17.0 Å². The van der Waals surface area contributed by atoms with Crippen LogP contribution in [0, 0.1) is 5.82 Å². The van der Waals surface area contributed by atoms with Gasteiger partial charge in [0.2, 0.25) is 0 Å². The molecule has 0 bridgehead atoms. The van der Waals surface area contributed by atoms with Crippen LogP contribution in [-0.2, 0) is 0 Å². The SMILES string of the molecule is [N-]=[N+]=NCC=Cc1cccc(C=O)c1F. The number of hydrogen-bond acceptors (Lipinski definition) is 2. The van der Waals surface area contributed by atoms with E-state index in [1.807, 2.05) is 0 Å². The molecule has 0 fully saturated rings. The molecule has 0 spiro atoms. The molecule has 0 atom stereocenters. The number of carbonyl (C=O) groups excluding carboxylic acids is 1. The van der Waals surface area contributed by atoms with Crippen molar-refractivity contribution in [1.29, 1.82) is 0 Å². The summed E-state index contributed by atoms with van der Waals surface area (Å²) in [6.45, 7) is 0.154. The second-order valence-corrected chi connectivity index (χ2v) is 2.68. The first-order valence-electron chi connectivity index (χ1n) is 4.20. The zero-order chi connectivity index (χ0) is 11.1. The van der Waals surface area contributed by atoms with E-state index < -0.39 is 5.82 Å². The molecule has 0 aliphatic rings. The summed E-state index contributed by atoms with van der Waals surface area (Å²) in [6.07, 6.45) is 3.45. The Balaban J connectivity index is 2.90. The van der Waals surface area contributed by atoms with Gasteiger partial charge in [-0.05, 0) is 11.6 Å². The maximum atomic E-state index is 13.4. The van der Waals surface area contributed by atoms with Crippen LogP contribution in [0.2, 0.25) is 0 Å². The molecular weight excluding hydrogens is 197 g/mol. The fourth-order valence-corrected chi connectivity index (χ4v) is 1.05. The van der Waals surface area contributed by atoms with Crippen molar-refractivity contribution in [3.8, 4) is 0 Å². The number of nitrogens with zero attached hydrogens (tertiary/aromatic N) is 3. The number of azide groups is 1. The number of benzene rings is 1. The minimum atomic E-state index is -0.565. The van der Waals surface area contributed by atoms with Crippen LogP contribution in [0.4, 0.5) is 4.39 Å². The van der Waals surface area contributed by atoms with Gasteiger partial charge < -0.3 is 0 Å². The third-order valence-electron chi connectivity index (χ3n) is 1.73. The maximum Gasteiger partial charge on any atom is 0.153 e. The summed E-state index contributed by atoms with van der Waals surface area (Å²) in [5.74, 6) is -0.565. The van der Waals surface area contributed by atoms with E-state index in [9.17, 15) is 9.18 Å². The Morgan fingerprint density at radius 2 is 2.20 bits per heavy atom. The van der Waals surface area contributed by atoms with Crippen molar-refractivity contribution in [2.24, 2.45) is 5.11 Å². The molecule has 0 radical (unpaired) electrons. The minimum Gasteiger partial charge on any atom is -0.298 e. The summed E-state index contributed by atoms with van der Waals surface area (Å²) in [7, 11) is 0. The summed E-state index contributed by atoms with van der Waals surface area (Å²) in [5.41, 5.74) is 8.32. The van der Waals surface area contributed by atoms with E-state index in [0.29, 0.717) is 11.8 Å². The van der Waals surface area contributed by atoms with Gasteiger partial charge in [0.15, 0.2) is 6.29 Å². The zero-order valence-electron chi connectivity index (χ0n) is 7.80. The van der Waals surface area contributed by atoms with Crippen molar-refractivity contribution in [2.45, 2.75) is 0 Å². The molecule has 15 heavy (non-hydrogen) atoms. The molecular formula is C10H8FN3O. The number of aldehydes is 1. The molecule has 0 heterocycles. The standard InChI is InChI=1S/C10H8FN3O/c11-10-8(5-2-6-13-14-12)3-1-4-9(10)7-15/h1-5,7H,6H2. The van der Waals surface area contributed by atoms with Crippen LogP contribution < -0.4 is 0 Å². The smallest absolute Gasteiger partial charge is 0.153 e. The Hall–Kier alpha value is -2.13. The van der Waals surface area contributed by atoms with E-state index >= 15 is 0 Å². The molecule has 0 saturated heterocycles. The molecule has 5 heteroatoms. The third kappa shape index (κ3) is 2.93. The average Bonchev–Trinajstić information content (AvgIpc) is 2.26. The predicted octanol–water partition coefficient (Wildman–Crippen LogP) is 2.96. The first-order valence-corrected chi connectivity index (χ1v) is 4.20. The van der Waals surface area contributed by atoms with Crippen LogP contribution in [0.5, 0.6) is 0 Å². The van der Waals surface area contributed by atoms with Gasteiger partial charge >= 0.3 is 0 Å². The van der Waals surface area contributed by atoms with Crippen molar-refractivity contribution < 1.29 is 9.18 Å². The quantitative estimate of drug-likeness (QED) is 0.322.